The minimum absolute atomic E-state index is 0.00297. The average Bonchev–Trinajstić information content (AvgIpc) is 3.59. The van der Waals surface area contributed by atoms with Crippen molar-refractivity contribution in [2.45, 2.75) is 105 Å². The smallest absolute Gasteiger partial charge is 0.456 e. The fourth-order valence-corrected chi connectivity index (χ4v) is 8.15. The zero-order chi connectivity index (χ0) is 28.4. The molecule has 0 aromatic rings. The van der Waals surface area contributed by atoms with Gasteiger partial charge in [0.2, 0.25) is 0 Å². The van der Waals surface area contributed by atoms with Crippen LogP contribution in [0.15, 0.2) is 0 Å². The van der Waals surface area contributed by atoms with Gasteiger partial charge < -0.3 is 9.47 Å². The van der Waals surface area contributed by atoms with E-state index in [4.69, 9.17) is 4.74 Å². The Bertz CT molecular complexity index is 913. The van der Waals surface area contributed by atoms with Crippen LogP contribution in [-0.4, -0.2) is 36.7 Å². The van der Waals surface area contributed by atoms with Crippen LogP contribution in [0.1, 0.15) is 86.5 Å². The standard InChI is InChI=1S/C29H43F5O4/c1-7-26(3,4)13-20(27(5,6)8-2)25(36)38-21-12-16-11-19(21)23-17-9-15(22(16)23)10-18(17)24(35)37-14-28(30,31)29(32,33)34/h15-23H,7-14H2,1-6H3. The summed E-state index contributed by atoms with van der Waals surface area (Å²) in [6.07, 6.45) is -0.509. The first-order chi connectivity index (χ1) is 17.4. The lowest BCUT2D eigenvalue weighted by molar-refractivity contribution is -0.294. The van der Waals surface area contributed by atoms with E-state index in [2.05, 4.69) is 46.3 Å². The number of carbonyl (C=O) groups excluding carboxylic acids is 2. The van der Waals surface area contributed by atoms with Gasteiger partial charge in [-0.25, -0.2) is 0 Å². The van der Waals surface area contributed by atoms with E-state index in [9.17, 15) is 31.5 Å². The fourth-order valence-electron chi connectivity index (χ4n) is 8.15. The second-order valence-corrected chi connectivity index (χ2v) is 14.0. The molecule has 4 fully saturated rings. The van der Waals surface area contributed by atoms with E-state index >= 15 is 0 Å². The predicted molar refractivity (Wildman–Crippen MR) is 131 cm³/mol. The van der Waals surface area contributed by atoms with Crippen molar-refractivity contribution in [3.05, 3.63) is 0 Å². The summed E-state index contributed by atoms with van der Waals surface area (Å²) < 4.78 is 75.0. The van der Waals surface area contributed by atoms with Gasteiger partial charge in [0.15, 0.2) is 6.61 Å². The van der Waals surface area contributed by atoms with Gasteiger partial charge >= 0.3 is 24.0 Å². The molecule has 0 aromatic carbocycles. The van der Waals surface area contributed by atoms with Crippen molar-refractivity contribution < 1.29 is 41.0 Å². The highest BCUT2D eigenvalue weighted by Gasteiger charge is 2.67. The molecule has 0 heterocycles. The van der Waals surface area contributed by atoms with Crippen LogP contribution < -0.4 is 0 Å². The van der Waals surface area contributed by atoms with Crippen LogP contribution in [0.4, 0.5) is 22.0 Å². The van der Waals surface area contributed by atoms with Crippen LogP contribution in [0.2, 0.25) is 0 Å². The van der Waals surface area contributed by atoms with Crippen LogP contribution in [-0.2, 0) is 19.1 Å². The molecular formula is C29H43F5O4. The first-order valence-electron chi connectivity index (χ1n) is 14.2. The predicted octanol–water partition coefficient (Wildman–Crippen LogP) is 7.45. The number of fused-ring (bicyclic) bond motifs is 9. The van der Waals surface area contributed by atoms with Gasteiger partial charge in [0.1, 0.15) is 6.10 Å². The molecule has 4 bridgehead atoms. The van der Waals surface area contributed by atoms with Gasteiger partial charge in [-0.1, -0.05) is 54.4 Å². The molecule has 9 unspecified atom stereocenters. The molecule has 9 heteroatoms. The Morgan fingerprint density at radius 3 is 2.03 bits per heavy atom. The second kappa shape index (κ2) is 9.90. The van der Waals surface area contributed by atoms with Crippen LogP contribution in [0.5, 0.6) is 0 Å². The Morgan fingerprint density at radius 2 is 1.45 bits per heavy atom. The molecule has 38 heavy (non-hydrogen) atoms. The Labute approximate surface area is 222 Å². The maximum Gasteiger partial charge on any atom is 0.456 e. The number of rotatable bonds is 10. The molecule has 4 aliphatic rings. The van der Waals surface area contributed by atoms with Crippen LogP contribution in [0.3, 0.4) is 0 Å². The number of alkyl halides is 5. The Kier molecular flexibility index (Phi) is 7.70. The summed E-state index contributed by atoms with van der Waals surface area (Å²) in [6.45, 7) is 10.8. The third kappa shape index (κ3) is 5.21. The minimum Gasteiger partial charge on any atom is -0.462 e. The SMILES string of the molecule is CCC(C)(C)CC(C(=O)OC1CC2CC1C1C3CC(CC3C(=O)OCC(F)(F)C(F)(F)F)C21)C(C)(C)CC. The van der Waals surface area contributed by atoms with Gasteiger partial charge in [-0.15, -0.1) is 0 Å². The molecule has 0 N–H and O–H groups in total. The number of esters is 2. The maximum absolute atomic E-state index is 13.6. The van der Waals surface area contributed by atoms with Crippen molar-refractivity contribution in [3.63, 3.8) is 0 Å². The number of carbonyl (C=O) groups is 2. The van der Waals surface area contributed by atoms with Gasteiger partial charge in [-0.05, 0) is 78.4 Å². The molecule has 4 rings (SSSR count). The molecular weight excluding hydrogens is 507 g/mol. The van der Waals surface area contributed by atoms with Crippen molar-refractivity contribution in [2.75, 3.05) is 6.61 Å². The summed E-state index contributed by atoms with van der Waals surface area (Å²) in [5.41, 5.74) is -0.222. The van der Waals surface area contributed by atoms with E-state index in [1.165, 1.54) is 0 Å². The molecule has 4 aliphatic carbocycles. The Balaban J connectivity index is 1.43. The normalized spacial score (nSPS) is 35.3. The van der Waals surface area contributed by atoms with E-state index in [0.717, 1.165) is 38.5 Å². The molecule has 0 aromatic heterocycles. The van der Waals surface area contributed by atoms with Crippen LogP contribution in [0, 0.1) is 58.2 Å². The highest BCUT2D eigenvalue weighted by atomic mass is 19.4. The second-order valence-electron chi connectivity index (χ2n) is 14.0. The molecule has 0 amide bonds. The van der Waals surface area contributed by atoms with Crippen molar-refractivity contribution >= 4 is 11.9 Å². The summed E-state index contributed by atoms with van der Waals surface area (Å²) in [5.74, 6) is -5.95. The van der Waals surface area contributed by atoms with E-state index in [-0.39, 0.29) is 52.5 Å². The van der Waals surface area contributed by atoms with Crippen molar-refractivity contribution in [3.8, 4) is 0 Å². The zero-order valence-electron chi connectivity index (χ0n) is 23.4. The quantitative estimate of drug-likeness (QED) is 0.161. The topological polar surface area (TPSA) is 52.6 Å². The minimum atomic E-state index is -5.76. The van der Waals surface area contributed by atoms with Gasteiger partial charge in [0, 0.05) is 0 Å². The van der Waals surface area contributed by atoms with Gasteiger partial charge in [0.05, 0.1) is 11.8 Å². The third-order valence-corrected chi connectivity index (χ3v) is 11.0. The van der Waals surface area contributed by atoms with E-state index < -0.39 is 30.6 Å². The first-order valence-corrected chi connectivity index (χ1v) is 14.2. The highest BCUT2D eigenvalue weighted by Crippen LogP contribution is 2.69. The average molecular weight is 551 g/mol. The summed E-state index contributed by atoms with van der Waals surface area (Å²) in [4.78, 5) is 26.2. The summed E-state index contributed by atoms with van der Waals surface area (Å²) in [7, 11) is 0. The summed E-state index contributed by atoms with van der Waals surface area (Å²) in [6, 6.07) is 0. The first kappa shape index (κ1) is 29.6. The Morgan fingerprint density at radius 1 is 0.842 bits per heavy atom. The molecule has 0 spiro atoms. The van der Waals surface area contributed by atoms with E-state index in [0.29, 0.717) is 18.3 Å². The lowest BCUT2D eigenvalue weighted by Gasteiger charge is -2.42. The number of ether oxygens (including phenoxy) is 2. The van der Waals surface area contributed by atoms with Crippen LogP contribution >= 0.6 is 0 Å². The lowest BCUT2D eigenvalue weighted by Crippen LogP contribution is -2.45. The third-order valence-electron chi connectivity index (χ3n) is 11.0. The van der Waals surface area contributed by atoms with E-state index in [1.807, 2.05) is 0 Å². The lowest BCUT2D eigenvalue weighted by atomic mass is 9.66. The van der Waals surface area contributed by atoms with Crippen molar-refractivity contribution in [1.29, 1.82) is 0 Å². The van der Waals surface area contributed by atoms with Crippen molar-refractivity contribution in [2.24, 2.45) is 58.2 Å². The summed E-state index contributed by atoms with van der Waals surface area (Å²) in [5, 5.41) is 0. The number of hydrogen-bond donors (Lipinski definition) is 0. The van der Waals surface area contributed by atoms with E-state index in [1.54, 1.807) is 0 Å². The molecule has 4 nitrogen and oxygen atoms in total. The molecule has 218 valence electrons. The van der Waals surface area contributed by atoms with Gasteiger partial charge in [0.25, 0.3) is 0 Å². The highest BCUT2D eigenvalue weighted by molar-refractivity contribution is 5.74. The van der Waals surface area contributed by atoms with Gasteiger partial charge in [-0.3, -0.25) is 9.59 Å². The fraction of sp³-hybridized carbons (Fsp3) is 0.931. The molecule has 0 radical (unpaired) electrons. The Hall–Kier alpha value is -1.41. The summed E-state index contributed by atoms with van der Waals surface area (Å²) >= 11 is 0. The zero-order valence-corrected chi connectivity index (χ0v) is 23.4. The van der Waals surface area contributed by atoms with Crippen LogP contribution in [0.25, 0.3) is 0 Å². The molecule has 9 atom stereocenters. The largest absolute Gasteiger partial charge is 0.462 e. The molecule has 0 aliphatic heterocycles. The molecule has 0 saturated heterocycles. The monoisotopic (exact) mass is 550 g/mol. The maximum atomic E-state index is 13.6. The van der Waals surface area contributed by atoms with Crippen molar-refractivity contribution in [1.82, 2.24) is 0 Å². The number of hydrogen-bond acceptors (Lipinski definition) is 4. The van der Waals surface area contributed by atoms with Gasteiger partial charge in [-0.2, -0.15) is 22.0 Å². The molecule has 4 saturated carbocycles. The number of halogens is 5.